The summed E-state index contributed by atoms with van der Waals surface area (Å²) in [7, 11) is 1.61. The standard InChI is InChI=1S/C15H15ClN6O2/c1-22-15(16)19-13(20-22)14(23)17-8-7-12-18-11(21-24-12)9-10-5-3-2-4-6-10/h2-6H,7-9H2,1H3,(H,17,23). The average molecular weight is 347 g/mol. The van der Waals surface area contributed by atoms with Gasteiger partial charge in [-0.15, -0.1) is 5.10 Å². The van der Waals surface area contributed by atoms with Crippen LogP contribution < -0.4 is 5.32 Å². The van der Waals surface area contributed by atoms with E-state index in [1.54, 1.807) is 7.05 Å². The van der Waals surface area contributed by atoms with E-state index >= 15 is 0 Å². The molecule has 1 amide bonds. The molecule has 0 spiro atoms. The van der Waals surface area contributed by atoms with E-state index in [0.717, 1.165) is 5.56 Å². The maximum absolute atomic E-state index is 11.9. The van der Waals surface area contributed by atoms with Gasteiger partial charge in [0.1, 0.15) is 0 Å². The van der Waals surface area contributed by atoms with E-state index in [4.69, 9.17) is 16.1 Å². The number of nitrogens with zero attached hydrogens (tertiary/aromatic N) is 5. The molecule has 0 fully saturated rings. The fourth-order valence-corrected chi connectivity index (χ4v) is 2.18. The van der Waals surface area contributed by atoms with Crippen molar-refractivity contribution < 1.29 is 9.32 Å². The Morgan fingerprint density at radius 3 is 2.79 bits per heavy atom. The summed E-state index contributed by atoms with van der Waals surface area (Å²) >= 11 is 5.75. The Morgan fingerprint density at radius 2 is 2.08 bits per heavy atom. The van der Waals surface area contributed by atoms with Gasteiger partial charge in [-0.25, -0.2) is 4.68 Å². The van der Waals surface area contributed by atoms with Crippen LogP contribution in [0.1, 0.15) is 27.9 Å². The molecule has 2 aromatic heterocycles. The highest BCUT2D eigenvalue weighted by atomic mass is 35.5. The van der Waals surface area contributed by atoms with Crippen LogP contribution in [-0.4, -0.2) is 37.4 Å². The van der Waals surface area contributed by atoms with Crippen molar-refractivity contribution in [2.24, 2.45) is 7.05 Å². The number of nitrogens with one attached hydrogen (secondary N) is 1. The summed E-state index contributed by atoms with van der Waals surface area (Å²) in [5.41, 5.74) is 1.11. The Bertz CT molecular complexity index is 810. The normalized spacial score (nSPS) is 10.8. The monoisotopic (exact) mass is 346 g/mol. The quantitative estimate of drug-likeness (QED) is 0.724. The van der Waals surface area contributed by atoms with Crippen LogP contribution in [0.5, 0.6) is 0 Å². The zero-order chi connectivity index (χ0) is 16.9. The summed E-state index contributed by atoms with van der Waals surface area (Å²) < 4.78 is 6.50. The SMILES string of the molecule is Cn1nc(C(=O)NCCc2nc(Cc3ccccc3)no2)nc1Cl. The van der Waals surface area contributed by atoms with Gasteiger partial charge >= 0.3 is 0 Å². The van der Waals surface area contributed by atoms with Gasteiger partial charge in [0.05, 0.1) is 0 Å². The number of aryl methyl sites for hydroxylation is 1. The molecule has 0 bridgehead atoms. The molecule has 2 heterocycles. The van der Waals surface area contributed by atoms with Gasteiger partial charge in [-0.05, 0) is 17.2 Å². The predicted octanol–water partition coefficient (Wildman–Crippen LogP) is 1.41. The van der Waals surface area contributed by atoms with E-state index in [1.807, 2.05) is 30.3 Å². The lowest BCUT2D eigenvalue weighted by Crippen LogP contribution is -2.27. The van der Waals surface area contributed by atoms with E-state index in [0.29, 0.717) is 31.1 Å². The average Bonchev–Trinajstić information content (AvgIpc) is 3.15. The number of benzene rings is 1. The second kappa shape index (κ2) is 7.22. The largest absolute Gasteiger partial charge is 0.349 e. The molecule has 8 nitrogen and oxygen atoms in total. The zero-order valence-corrected chi connectivity index (χ0v) is 13.7. The van der Waals surface area contributed by atoms with Gasteiger partial charge < -0.3 is 9.84 Å². The number of hydrogen-bond donors (Lipinski definition) is 1. The highest BCUT2D eigenvalue weighted by Crippen LogP contribution is 2.07. The first-order chi connectivity index (χ1) is 11.6. The molecule has 0 saturated heterocycles. The van der Waals surface area contributed by atoms with Crippen LogP contribution >= 0.6 is 11.6 Å². The molecule has 0 aliphatic carbocycles. The van der Waals surface area contributed by atoms with Crippen molar-refractivity contribution in [1.29, 1.82) is 0 Å². The molecule has 0 unspecified atom stereocenters. The van der Waals surface area contributed by atoms with Crippen molar-refractivity contribution in [2.45, 2.75) is 12.8 Å². The van der Waals surface area contributed by atoms with Crippen molar-refractivity contribution in [1.82, 2.24) is 30.2 Å². The Kier molecular flexibility index (Phi) is 4.85. The summed E-state index contributed by atoms with van der Waals surface area (Å²) in [6.45, 7) is 0.335. The van der Waals surface area contributed by atoms with Crippen LogP contribution in [0, 0.1) is 0 Å². The molecule has 24 heavy (non-hydrogen) atoms. The van der Waals surface area contributed by atoms with Gasteiger partial charge in [-0.2, -0.15) is 9.97 Å². The van der Waals surface area contributed by atoms with Crippen LogP contribution in [0.2, 0.25) is 5.28 Å². The Morgan fingerprint density at radius 1 is 1.29 bits per heavy atom. The summed E-state index contributed by atoms with van der Waals surface area (Å²) in [4.78, 5) is 20.0. The minimum atomic E-state index is -0.401. The molecule has 0 saturated carbocycles. The minimum Gasteiger partial charge on any atom is -0.349 e. The number of hydrogen-bond acceptors (Lipinski definition) is 6. The second-order valence-electron chi connectivity index (χ2n) is 5.10. The summed E-state index contributed by atoms with van der Waals surface area (Å²) in [5, 5.41) is 10.7. The van der Waals surface area contributed by atoms with Gasteiger partial charge in [0.15, 0.2) is 5.82 Å². The van der Waals surface area contributed by atoms with Crippen LogP contribution in [0.4, 0.5) is 0 Å². The van der Waals surface area contributed by atoms with Gasteiger partial charge in [-0.3, -0.25) is 4.79 Å². The van der Waals surface area contributed by atoms with Gasteiger partial charge in [-0.1, -0.05) is 35.5 Å². The van der Waals surface area contributed by atoms with E-state index in [-0.39, 0.29) is 11.1 Å². The van der Waals surface area contributed by atoms with E-state index in [1.165, 1.54) is 4.68 Å². The minimum absolute atomic E-state index is 0.0257. The van der Waals surface area contributed by atoms with E-state index < -0.39 is 5.91 Å². The van der Waals surface area contributed by atoms with Crippen molar-refractivity contribution in [3.8, 4) is 0 Å². The maximum atomic E-state index is 11.9. The summed E-state index contributed by atoms with van der Waals surface area (Å²) in [6.07, 6.45) is 1.03. The van der Waals surface area contributed by atoms with Gasteiger partial charge in [0, 0.05) is 26.4 Å². The third-order valence-corrected chi connectivity index (χ3v) is 3.58. The molecular weight excluding hydrogens is 332 g/mol. The molecule has 0 aliphatic rings. The summed E-state index contributed by atoms with van der Waals surface area (Å²) in [5.74, 6) is 0.702. The number of rotatable bonds is 6. The number of aromatic nitrogens is 5. The first-order valence-corrected chi connectivity index (χ1v) is 7.70. The Hall–Kier alpha value is -2.74. The number of carbonyl (C=O) groups excluding carboxylic acids is 1. The molecule has 0 atom stereocenters. The third kappa shape index (κ3) is 3.96. The predicted molar refractivity (Wildman–Crippen MR) is 85.6 cm³/mol. The Labute approximate surface area is 142 Å². The smallest absolute Gasteiger partial charge is 0.291 e. The van der Waals surface area contributed by atoms with Gasteiger partial charge in [0.2, 0.25) is 17.0 Å². The molecule has 0 radical (unpaired) electrons. The van der Waals surface area contributed by atoms with Crippen LogP contribution in [0.15, 0.2) is 34.9 Å². The molecule has 1 N–H and O–H groups in total. The molecule has 9 heteroatoms. The molecule has 124 valence electrons. The van der Waals surface area contributed by atoms with Crippen molar-refractivity contribution in [2.75, 3.05) is 6.54 Å². The highest BCUT2D eigenvalue weighted by Gasteiger charge is 2.14. The number of amides is 1. The zero-order valence-electron chi connectivity index (χ0n) is 12.9. The lowest BCUT2D eigenvalue weighted by atomic mass is 10.1. The van der Waals surface area contributed by atoms with Crippen molar-refractivity contribution in [3.05, 3.63) is 58.7 Å². The fourth-order valence-electron chi connectivity index (χ4n) is 2.07. The lowest BCUT2D eigenvalue weighted by Gasteiger charge is -1.98. The van der Waals surface area contributed by atoms with E-state index in [9.17, 15) is 4.79 Å². The highest BCUT2D eigenvalue weighted by molar-refractivity contribution is 6.28. The van der Waals surface area contributed by atoms with Crippen LogP contribution in [0.3, 0.4) is 0 Å². The molecule has 3 rings (SSSR count). The van der Waals surface area contributed by atoms with Crippen LogP contribution in [-0.2, 0) is 19.9 Å². The first kappa shape index (κ1) is 16.1. The Balaban J connectivity index is 1.49. The van der Waals surface area contributed by atoms with E-state index in [2.05, 4.69) is 25.5 Å². The number of carbonyl (C=O) groups is 1. The first-order valence-electron chi connectivity index (χ1n) is 7.32. The fraction of sp³-hybridized carbons (Fsp3) is 0.267. The number of halogens is 1. The third-order valence-electron chi connectivity index (χ3n) is 3.25. The van der Waals surface area contributed by atoms with Gasteiger partial charge in [0.25, 0.3) is 5.91 Å². The topological polar surface area (TPSA) is 98.7 Å². The summed E-state index contributed by atoms with van der Waals surface area (Å²) in [6, 6.07) is 9.88. The van der Waals surface area contributed by atoms with Crippen molar-refractivity contribution >= 4 is 17.5 Å². The molecule has 1 aromatic carbocycles. The molecule has 3 aromatic rings. The second-order valence-corrected chi connectivity index (χ2v) is 5.44. The lowest BCUT2D eigenvalue weighted by molar-refractivity contribution is 0.0943. The maximum Gasteiger partial charge on any atom is 0.291 e. The molecular formula is C15H15ClN6O2. The van der Waals surface area contributed by atoms with Crippen LogP contribution in [0.25, 0.3) is 0 Å². The van der Waals surface area contributed by atoms with Crippen molar-refractivity contribution in [3.63, 3.8) is 0 Å². The molecule has 0 aliphatic heterocycles.